The summed E-state index contributed by atoms with van der Waals surface area (Å²) in [6.07, 6.45) is 1.26. The van der Waals surface area contributed by atoms with Crippen LogP contribution in [0.2, 0.25) is 0 Å². The Kier molecular flexibility index (Phi) is 5.15. The highest BCUT2D eigenvalue weighted by Gasteiger charge is 2.12. The third kappa shape index (κ3) is 4.07. The van der Waals surface area contributed by atoms with E-state index in [1.54, 1.807) is 0 Å². The first kappa shape index (κ1) is 16.0. The van der Waals surface area contributed by atoms with Crippen LogP contribution in [0.5, 0.6) is 5.75 Å². The molecule has 0 aromatic heterocycles. The molecule has 0 aliphatic carbocycles. The van der Waals surface area contributed by atoms with Crippen molar-refractivity contribution >= 4 is 5.97 Å². The Morgan fingerprint density at radius 1 is 1.14 bits per heavy atom. The lowest BCUT2D eigenvalue weighted by molar-refractivity contribution is -0.142. The van der Waals surface area contributed by atoms with Crippen molar-refractivity contribution in [2.24, 2.45) is 0 Å². The van der Waals surface area contributed by atoms with Crippen LogP contribution in [0.3, 0.4) is 0 Å². The summed E-state index contributed by atoms with van der Waals surface area (Å²) in [5.74, 6) is -1.07. The van der Waals surface area contributed by atoms with Gasteiger partial charge in [-0.3, -0.25) is 4.79 Å². The fraction of sp³-hybridized carbons (Fsp3) is 0.278. The van der Waals surface area contributed by atoms with E-state index in [-0.39, 0.29) is 17.9 Å². The second-order valence-corrected chi connectivity index (χ2v) is 5.20. The molecule has 0 aliphatic rings. The van der Waals surface area contributed by atoms with Crippen molar-refractivity contribution in [1.82, 2.24) is 0 Å². The molecule has 2 rings (SSSR count). The first-order chi connectivity index (χ1) is 10.5. The Hall–Kier alpha value is -2.36. The van der Waals surface area contributed by atoms with Gasteiger partial charge in [-0.05, 0) is 35.2 Å². The summed E-state index contributed by atoms with van der Waals surface area (Å²) in [6, 6.07) is 10.6. The average Bonchev–Trinajstić information content (AvgIpc) is 2.49. The summed E-state index contributed by atoms with van der Waals surface area (Å²) in [5.41, 5.74) is 2.82. The van der Waals surface area contributed by atoms with Gasteiger partial charge in [0.1, 0.15) is 18.2 Å². The fourth-order valence-electron chi connectivity index (χ4n) is 2.22. The lowest BCUT2D eigenvalue weighted by Crippen LogP contribution is -2.01. The smallest absolute Gasteiger partial charge is 0.302 e. The van der Waals surface area contributed by atoms with Crippen molar-refractivity contribution < 1.29 is 19.0 Å². The zero-order chi connectivity index (χ0) is 16.1. The number of benzene rings is 2. The van der Waals surface area contributed by atoms with Crippen LogP contribution in [-0.4, -0.2) is 11.1 Å². The van der Waals surface area contributed by atoms with Gasteiger partial charge in [0.05, 0.1) is 0 Å². The van der Waals surface area contributed by atoms with Crippen molar-refractivity contribution in [1.29, 1.82) is 0 Å². The number of aromatic hydroxyl groups is 1. The van der Waals surface area contributed by atoms with E-state index in [1.165, 1.54) is 24.6 Å². The van der Waals surface area contributed by atoms with Gasteiger partial charge in [-0.2, -0.15) is 0 Å². The minimum atomic E-state index is -0.498. The number of esters is 1. The Bertz CT molecular complexity index is 640. The van der Waals surface area contributed by atoms with Gasteiger partial charge in [0, 0.05) is 18.9 Å². The lowest BCUT2D eigenvalue weighted by Gasteiger charge is -2.10. The van der Waals surface area contributed by atoms with E-state index in [4.69, 9.17) is 4.74 Å². The number of hydrogen-bond donors (Lipinski definition) is 1. The molecule has 1 N–H and O–H groups in total. The number of ether oxygens (including phenoxy) is 1. The second kappa shape index (κ2) is 7.07. The summed E-state index contributed by atoms with van der Waals surface area (Å²) < 4.78 is 19.0. The topological polar surface area (TPSA) is 46.5 Å². The molecule has 0 amide bonds. The SMILES string of the molecule is CCc1ccc(Cc2c(O)cc(COC(C)=O)cc2F)cc1. The molecular formula is C18H19FO3. The number of rotatable bonds is 5. The van der Waals surface area contributed by atoms with E-state index in [1.807, 2.05) is 24.3 Å². The third-order valence-corrected chi connectivity index (χ3v) is 3.49. The van der Waals surface area contributed by atoms with Gasteiger partial charge in [0.2, 0.25) is 0 Å². The Morgan fingerprint density at radius 3 is 2.32 bits per heavy atom. The number of halogens is 1. The van der Waals surface area contributed by atoms with E-state index in [0.717, 1.165) is 12.0 Å². The van der Waals surface area contributed by atoms with Crippen molar-refractivity contribution in [2.75, 3.05) is 0 Å². The summed E-state index contributed by atoms with van der Waals surface area (Å²) in [4.78, 5) is 10.8. The molecule has 0 spiro atoms. The highest BCUT2D eigenvalue weighted by Crippen LogP contribution is 2.26. The fourth-order valence-corrected chi connectivity index (χ4v) is 2.22. The van der Waals surface area contributed by atoms with Crippen LogP contribution in [0.15, 0.2) is 36.4 Å². The van der Waals surface area contributed by atoms with Gasteiger partial charge in [0.25, 0.3) is 0 Å². The van der Waals surface area contributed by atoms with Gasteiger partial charge in [-0.25, -0.2) is 4.39 Å². The van der Waals surface area contributed by atoms with Gasteiger partial charge in [-0.1, -0.05) is 31.2 Å². The number of phenolic OH excluding ortho intramolecular Hbond substituents is 1. The Morgan fingerprint density at radius 2 is 1.77 bits per heavy atom. The lowest BCUT2D eigenvalue weighted by atomic mass is 10.0. The molecule has 0 aliphatic heterocycles. The molecule has 116 valence electrons. The molecule has 0 bridgehead atoms. The average molecular weight is 302 g/mol. The van der Waals surface area contributed by atoms with Crippen molar-refractivity contribution in [2.45, 2.75) is 33.3 Å². The summed E-state index contributed by atoms with van der Waals surface area (Å²) in [6.45, 7) is 3.30. The van der Waals surface area contributed by atoms with Crippen LogP contribution in [0.25, 0.3) is 0 Å². The van der Waals surface area contributed by atoms with Gasteiger partial charge < -0.3 is 9.84 Å². The summed E-state index contributed by atoms with van der Waals surface area (Å²) in [5, 5.41) is 10.0. The van der Waals surface area contributed by atoms with E-state index in [2.05, 4.69) is 6.92 Å². The second-order valence-electron chi connectivity index (χ2n) is 5.20. The van der Waals surface area contributed by atoms with Crippen LogP contribution in [0.1, 0.15) is 36.1 Å². The van der Waals surface area contributed by atoms with Crippen LogP contribution in [0.4, 0.5) is 4.39 Å². The van der Waals surface area contributed by atoms with Crippen LogP contribution >= 0.6 is 0 Å². The molecular weight excluding hydrogens is 283 g/mol. The molecule has 0 saturated carbocycles. The predicted octanol–water partition coefficient (Wildman–Crippen LogP) is 3.75. The maximum absolute atomic E-state index is 14.2. The zero-order valence-corrected chi connectivity index (χ0v) is 12.7. The third-order valence-electron chi connectivity index (χ3n) is 3.49. The molecule has 3 nitrogen and oxygen atoms in total. The molecule has 0 unspecified atom stereocenters. The van der Waals surface area contributed by atoms with Crippen LogP contribution in [-0.2, 0) is 29.0 Å². The zero-order valence-electron chi connectivity index (χ0n) is 12.7. The van der Waals surface area contributed by atoms with Crippen LogP contribution < -0.4 is 0 Å². The highest BCUT2D eigenvalue weighted by atomic mass is 19.1. The van der Waals surface area contributed by atoms with Crippen LogP contribution in [0, 0.1) is 5.82 Å². The van der Waals surface area contributed by atoms with Crippen molar-refractivity contribution in [3.8, 4) is 5.75 Å². The summed E-state index contributed by atoms with van der Waals surface area (Å²) >= 11 is 0. The molecule has 0 radical (unpaired) electrons. The van der Waals surface area contributed by atoms with E-state index < -0.39 is 11.8 Å². The molecule has 4 heteroatoms. The molecule has 0 heterocycles. The molecule has 2 aromatic rings. The molecule has 2 aromatic carbocycles. The van der Waals surface area contributed by atoms with E-state index in [0.29, 0.717) is 12.0 Å². The summed E-state index contributed by atoms with van der Waals surface area (Å²) in [7, 11) is 0. The number of carbonyl (C=O) groups excluding carboxylic acids is 1. The molecule has 0 saturated heterocycles. The molecule has 0 atom stereocenters. The van der Waals surface area contributed by atoms with Gasteiger partial charge in [0.15, 0.2) is 0 Å². The molecule has 22 heavy (non-hydrogen) atoms. The largest absolute Gasteiger partial charge is 0.508 e. The Labute approximate surface area is 129 Å². The first-order valence-electron chi connectivity index (χ1n) is 7.21. The minimum Gasteiger partial charge on any atom is -0.508 e. The molecule has 0 fully saturated rings. The van der Waals surface area contributed by atoms with E-state index >= 15 is 0 Å². The van der Waals surface area contributed by atoms with Crippen molar-refractivity contribution in [3.63, 3.8) is 0 Å². The quantitative estimate of drug-likeness (QED) is 0.856. The Balaban J connectivity index is 2.18. The maximum atomic E-state index is 14.2. The number of aryl methyl sites for hydroxylation is 1. The number of carbonyl (C=O) groups is 1. The number of phenols is 1. The van der Waals surface area contributed by atoms with Gasteiger partial charge in [-0.15, -0.1) is 0 Å². The first-order valence-corrected chi connectivity index (χ1v) is 7.21. The predicted molar refractivity (Wildman–Crippen MR) is 82.2 cm³/mol. The van der Waals surface area contributed by atoms with Crippen molar-refractivity contribution in [3.05, 3.63) is 64.5 Å². The highest BCUT2D eigenvalue weighted by molar-refractivity contribution is 5.65. The normalized spacial score (nSPS) is 10.5. The maximum Gasteiger partial charge on any atom is 0.302 e. The number of hydrogen-bond acceptors (Lipinski definition) is 3. The standard InChI is InChI=1S/C18H19FO3/c1-3-13-4-6-14(7-5-13)8-16-17(19)9-15(10-18(16)21)11-22-12(2)20/h4-7,9-10,21H,3,8,11H2,1-2H3. The van der Waals surface area contributed by atoms with Gasteiger partial charge >= 0.3 is 5.97 Å². The van der Waals surface area contributed by atoms with E-state index in [9.17, 15) is 14.3 Å². The monoisotopic (exact) mass is 302 g/mol. The minimum absolute atomic E-state index is 0.0503.